The number of nitrogens with one attached hydrogen (secondary N) is 1. The van der Waals surface area contributed by atoms with Crippen LogP contribution in [0.2, 0.25) is 0 Å². The maximum absolute atomic E-state index is 11.4. The molecule has 1 aromatic heterocycles. The Bertz CT molecular complexity index is 858. The minimum Gasteiger partial charge on any atom is -0.465 e. The summed E-state index contributed by atoms with van der Waals surface area (Å²) in [6, 6.07) is 17.4. The number of rotatable bonds is 6. The highest BCUT2D eigenvalue weighted by molar-refractivity contribution is 7.98. The van der Waals surface area contributed by atoms with Gasteiger partial charge in [0, 0.05) is 5.75 Å². The summed E-state index contributed by atoms with van der Waals surface area (Å²) in [5.74, 6) is 1.11. The molecule has 0 unspecified atom stereocenters. The Morgan fingerprint density at radius 3 is 2.60 bits per heavy atom. The van der Waals surface area contributed by atoms with Crippen LogP contribution in [0.25, 0.3) is 12.2 Å². The molecule has 1 N–H and O–H groups in total. The molecule has 0 fully saturated rings. The molecule has 25 heavy (non-hydrogen) atoms. The summed E-state index contributed by atoms with van der Waals surface area (Å²) in [7, 11) is 1.37. The zero-order chi connectivity index (χ0) is 17.5. The zero-order valence-corrected chi connectivity index (χ0v) is 14.5. The normalized spacial score (nSPS) is 10.9. The van der Waals surface area contributed by atoms with E-state index in [9.17, 15) is 4.79 Å². The fraction of sp³-hybridized carbons (Fsp3) is 0.105. The number of aromatic nitrogens is 3. The third-order valence-corrected chi connectivity index (χ3v) is 4.38. The van der Waals surface area contributed by atoms with E-state index in [-0.39, 0.29) is 5.97 Å². The van der Waals surface area contributed by atoms with Crippen molar-refractivity contribution in [1.29, 1.82) is 0 Å². The number of benzene rings is 2. The molecule has 0 bridgehead atoms. The number of H-pyrrole nitrogens is 1. The van der Waals surface area contributed by atoms with Crippen LogP contribution >= 0.6 is 11.8 Å². The highest BCUT2D eigenvalue weighted by Crippen LogP contribution is 2.20. The molecule has 5 nitrogen and oxygen atoms in total. The number of esters is 1. The van der Waals surface area contributed by atoms with E-state index < -0.39 is 0 Å². The van der Waals surface area contributed by atoms with Crippen molar-refractivity contribution in [1.82, 2.24) is 15.2 Å². The second-order valence-corrected chi connectivity index (χ2v) is 6.17. The summed E-state index contributed by atoms with van der Waals surface area (Å²) in [6.07, 6.45) is 3.89. The van der Waals surface area contributed by atoms with Crippen LogP contribution in [-0.2, 0) is 10.5 Å². The van der Waals surface area contributed by atoms with Crippen molar-refractivity contribution in [3.8, 4) is 0 Å². The second kappa shape index (κ2) is 8.30. The number of hydrogen-bond donors (Lipinski definition) is 1. The molecular formula is C19H17N3O2S. The molecule has 6 heteroatoms. The lowest BCUT2D eigenvalue weighted by Gasteiger charge is -2.01. The first-order valence-corrected chi connectivity index (χ1v) is 8.69. The zero-order valence-electron chi connectivity index (χ0n) is 13.7. The van der Waals surface area contributed by atoms with Crippen molar-refractivity contribution in [2.45, 2.75) is 10.9 Å². The first kappa shape index (κ1) is 17.0. The van der Waals surface area contributed by atoms with Gasteiger partial charge in [-0.15, -0.1) is 5.10 Å². The number of carbonyl (C=O) groups excluding carboxylic acids is 1. The fourth-order valence-corrected chi connectivity index (χ4v) is 2.90. The number of nitrogens with zero attached hydrogens (tertiary/aromatic N) is 2. The van der Waals surface area contributed by atoms with Crippen LogP contribution < -0.4 is 0 Å². The first-order valence-electron chi connectivity index (χ1n) is 7.70. The number of carbonyl (C=O) groups is 1. The molecule has 2 aromatic carbocycles. The molecule has 126 valence electrons. The fourth-order valence-electron chi connectivity index (χ4n) is 2.14. The SMILES string of the molecule is COC(=O)c1ccc(CSc2n[nH]c(/C=C/c3ccccc3)n2)cc1. The molecule has 0 radical (unpaired) electrons. The summed E-state index contributed by atoms with van der Waals surface area (Å²) >= 11 is 1.53. The van der Waals surface area contributed by atoms with Crippen LogP contribution in [0, 0.1) is 0 Å². The molecule has 0 spiro atoms. The van der Waals surface area contributed by atoms with Crippen LogP contribution in [0.3, 0.4) is 0 Å². The topological polar surface area (TPSA) is 67.9 Å². The third-order valence-electron chi connectivity index (χ3n) is 3.46. The Balaban J connectivity index is 1.56. The molecule has 0 saturated carbocycles. The van der Waals surface area contributed by atoms with Gasteiger partial charge in [-0.25, -0.2) is 9.78 Å². The molecule has 0 aliphatic rings. The van der Waals surface area contributed by atoms with Crippen molar-refractivity contribution >= 4 is 29.9 Å². The van der Waals surface area contributed by atoms with Crippen molar-refractivity contribution in [2.75, 3.05) is 7.11 Å². The van der Waals surface area contributed by atoms with Crippen molar-refractivity contribution in [2.24, 2.45) is 0 Å². The Labute approximate surface area is 150 Å². The average molecular weight is 351 g/mol. The standard InChI is InChI=1S/C19H17N3O2S/c1-24-18(23)16-10-7-15(8-11-16)13-25-19-20-17(21-22-19)12-9-14-5-3-2-4-6-14/h2-12H,13H2,1H3,(H,20,21,22)/b12-9+. The largest absolute Gasteiger partial charge is 0.465 e. The Morgan fingerprint density at radius 2 is 1.88 bits per heavy atom. The number of ether oxygens (including phenoxy) is 1. The molecule has 0 aliphatic carbocycles. The van der Waals surface area contributed by atoms with Gasteiger partial charge < -0.3 is 4.74 Å². The molecule has 3 rings (SSSR count). The smallest absolute Gasteiger partial charge is 0.337 e. The minimum absolute atomic E-state index is 0.331. The van der Waals surface area contributed by atoms with Crippen LogP contribution in [0.5, 0.6) is 0 Å². The number of methoxy groups -OCH3 is 1. The van der Waals surface area contributed by atoms with E-state index in [4.69, 9.17) is 0 Å². The number of aromatic amines is 1. The monoisotopic (exact) mass is 351 g/mol. The molecule has 0 aliphatic heterocycles. The highest BCUT2D eigenvalue weighted by atomic mass is 32.2. The molecule has 1 heterocycles. The Morgan fingerprint density at radius 1 is 1.12 bits per heavy atom. The van der Waals surface area contributed by atoms with Gasteiger partial charge in [0.05, 0.1) is 12.7 Å². The summed E-state index contributed by atoms with van der Waals surface area (Å²) in [5, 5.41) is 7.80. The lowest BCUT2D eigenvalue weighted by Crippen LogP contribution is -2.00. The molecule has 0 saturated heterocycles. The number of thioether (sulfide) groups is 1. The van der Waals surface area contributed by atoms with E-state index in [1.165, 1.54) is 18.9 Å². The summed E-state index contributed by atoms with van der Waals surface area (Å²) < 4.78 is 4.69. The maximum atomic E-state index is 11.4. The van der Waals surface area contributed by atoms with Gasteiger partial charge in [0.1, 0.15) is 5.82 Å². The highest BCUT2D eigenvalue weighted by Gasteiger charge is 2.06. The van der Waals surface area contributed by atoms with Gasteiger partial charge in [-0.1, -0.05) is 60.3 Å². The third kappa shape index (κ3) is 4.81. The van der Waals surface area contributed by atoms with E-state index in [1.807, 2.05) is 54.6 Å². The lowest BCUT2D eigenvalue weighted by molar-refractivity contribution is 0.0600. The van der Waals surface area contributed by atoms with Gasteiger partial charge in [0.25, 0.3) is 0 Å². The number of hydrogen-bond acceptors (Lipinski definition) is 5. The van der Waals surface area contributed by atoms with Crippen LogP contribution in [0.4, 0.5) is 0 Å². The van der Waals surface area contributed by atoms with Gasteiger partial charge in [-0.3, -0.25) is 5.10 Å². The minimum atomic E-state index is -0.331. The van der Waals surface area contributed by atoms with Crippen molar-refractivity contribution < 1.29 is 9.53 Å². The second-order valence-electron chi connectivity index (χ2n) is 5.22. The van der Waals surface area contributed by atoms with Crippen LogP contribution in [-0.4, -0.2) is 28.3 Å². The van der Waals surface area contributed by atoms with E-state index in [1.54, 1.807) is 12.1 Å². The molecule has 3 aromatic rings. The van der Waals surface area contributed by atoms with Gasteiger partial charge in [0.2, 0.25) is 5.16 Å². The van der Waals surface area contributed by atoms with Gasteiger partial charge >= 0.3 is 5.97 Å². The molecule has 0 atom stereocenters. The van der Waals surface area contributed by atoms with Gasteiger partial charge in [-0.05, 0) is 29.3 Å². The van der Waals surface area contributed by atoms with Crippen LogP contribution in [0.1, 0.15) is 27.3 Å². The van der Waals surface area contributed by atoms with Crippen LogP contribution in [0.15, 0.2) is 59.8 Å². The van der Waals surface area contributed by atoms with E-state index in [0.29, 0.717) is 16.5 Å². The van der Waals surface area contributed by atoms with Gasteiger partial charge in [-0.2, -0.15) is 0 Å². The lowest BCUT2D eigenvalue weighted by atomic mass is 10.1. The summed E-state index contributed by atoms with van der Waals surface area (Å²) in [6.45, 7) is 0. The van der Waals surface area contributed by atoms with Gasteiger partial charge in [0.15, 0.2) is 0 Å². The van der Waals surface area contributed by atoms with E-state index in [0.717, 1.165) is 16.9 Å². The molecule has 0 amide bonds. The summed E-state index contributed by atoms with van der Waals surface area (Å²) in [5.41, 5.74) is 2.74. The van der Waals surface area contributed by atoms with Crippen molar-refractivity contribution in [3.63, 3.8) is 0 Å². The van der Waals surface area contributed by atoms with E-state index >= 15 is 0 Å². The predicted molar refractivity (Wildman–Crippen MR) is 99.1 cm³/mol. The quantitative estimate of drug-likeness (QED) is 0.536. The first-order chi connectivity index (χ1) is 12.2. The Hall–Kier alpha value is -2.86. The molecular weight excluding hydrogens is 334 g/mol. The Kier molecular flexibility index (Phi) is 5.64. The van der Waals surface area contributed by atoms with Crippen molar-refractivity contribution in [3.05, 3.63) is 77.1 Å². The maximum Gasteiger partial charge on any atom is 0.337 e. The average Bonchev–Trinajstić information content (AvgIpc) is 3.13. The van der Waals surface area contributed by atoms with E-state index in [2.05, 4.69) is 19.9 Å². The predicted octanol–water partition coefficient (Wildman–Crippen LogP) is 4.05. The summed E-state index contributed by atoms with van der Waals surface area (Å²) in [4.78, 5) is 15.8.